The van der Waals surface area contributed by atoms with Gasteiger partial charge in [-0.05, 0) is 46.6 Å². The van der Waals surface area contributed by atoms with Crippen molar-refractivity contribution in [1.82, 2.24) is 4.98 Å². The van der Waals surface area contributed by atoms with Crippen LogP contribution in [-0.2, 0) is 0 Å². The maximum Gasteiger partial charge on any atom is 0.287 e. The third-order valence-electron chi connectivity index (χ3n) is 2.68. The standard InChI is InChI=1S/C13H9BrClN3O3/c1-7-4-9(6-16-12(7)14)17-13(19)8-2-3-11(18(20)21)10(15)5-8/h2-6H,1H3,(H,17,19). The number of amides is 1. The Morgan fingerprint density at radius 2 is 2.14 bits per heavy atom. The minimum atomic E-state index is -0.605. The van der Waals surface area contributed by atoms with Crippen LogP contribution in [0.25, 0.3) is 0 Å². The van der Waals surface area contributed by atoms with Crippen LogP contribution in [0.3, 0.4) is 0 Å². The van der Waals surface area contributed by atoms with E-state index in [1.54, 1.807) is 6.07 Å². The first kappa shape index (κ1) is 15.4. The number of nitro groups is 1. The summed E-state index contributed by atoms with van der Waals surface area (Å²) in [5.41, 5.74) is 1.38. The average molecular weight is 371 g/mol. The number of rotatable bonds is 3. The molecule has 1 aromatic carbocycles. The zero-order valence-corrected chi connectivity index (χ0v) is 13.1. The molecule has 1 heterocycles. The molecule has 1 aromatic heterocycles. The van der Waals surface area contributed by atoms with E-state index in [9.17, 15) is 14.9 Å². The molecule has 8 heteroatoms. The Labute approximate surface area is 133 Å². The summed E-state index contributed by atoms with van der Waals surface area (Å²) in [6.45, 7) is 1.84. The SMILES string of the molecule is Cc1cc(NC(=O)c2ccc([N+](=O)[O-])c(Cl)c2)cnc1Br. The molecule has 0 aliphatic heterocycles. The van der Waals surface area contributed by atoms with Gasteiger partial charge in [-0.15, -0.1) is 0 Å². The van der Waals surface area contributed by atoms with Crippen LogP contribution in [0, 0.1) is 17.0 Å². The molecule has 1 N–H and O–H groups in total. The Morgan fingerprint density at radius 3 is 2.71 bits per heavy atom. The van der Waals surface area contributed by atoms with Gasteiger partial charge in [-0.25, -0.2) is 4.98 Å². The predicted octanol–water partition coefficient (Wildman–Crippen LogP) is 3.97. The monoisotopic (exact) mass is 369 g/mol. The van der Waals surface area contributed by atoms with Crippen LogP contribution in [0.1, 0.15) is 15.9 Å². The number of nitro benzene ring substituents is 1. The highest BCUT2D eigenvalue weighted by Gasteiger charge is 2.15. The molecule has 0 bridgehead atoms. The molecule has 0 aliphatic carbocycles. The third-order valence-corrected chi connectivity index (χ3v) is 3.81. The highest BCUT2D eigenvalue weighted by atomic mass is 79.9. The van der Waals surface area contributed by atoms with E-state index in [4.69, 9.17) is 11.6 Å². The second-order valence-corrected chi connectivity index (χ2v) is 5.37. The maximum atomic E-state index is 12.1. The lowest BCUT2D eigenvalue weighted by molar-refractivity contribution is -0.384. The van der Waals surface area contributed by atoms with E-state index in [1.807, 2.05) is 6.92 Å². The van der Waals surface area contributed by atoms with Crippen LogP contribution in [0.5, 0.6) is 0 Å². The lowest BCUT2D eigenvalue weighted by atomic mass is 10.2. The topological polar surface area (TPSA) is 85.1 Å². The Kier molecular flexibility index (Phi) is 4.54. The second kappa shape index (κ2) is 6.19. The van der Waals surface area contributed by atoms with E-state index >= 15 is 0 Å². The van der Waals surface area contributed by atoms with Crippen LogP contribution < -0.4 is 5.32 Å². The van der Waals surface area contributed by atoms with E-state index in [1.165, 1.54) is 24.4 Å². The average Bonchev–Trinajstić information content (AvgIpc) is 2.42. The fourth-order valence-corrected chi connectivity index (χ4v) is 2.09. The molecule has 6 nitrogen and oxygen atoms in total. The molecule has 0 unspecified atom stereocenters. The molecule has 0 spiro atoms. The van der Waals surface area contributed by atoms with Crippen molar-refractivity contribution in [2.75, 3.05) is 5.32 Å². The number of carbonyl (C=O) groups excluding carboxylic acids is 1. The van der Waals surface area contributed by atoms with Gasteiger partial charge in [-0.1, -0.05) is 11.6 Å². The van der Waals surface area contributed by atoms with Crippen LogP contribution in [0.2, 0.25) is 5.02 Å². The molecule has 0 saturated heterocycles. The number of nitrogens with zero attached hydrogens (tertiary/aromatic N) is 2. The zero-order chi connectivity index (χ0) is 15.6. The van der Waals surface area contributed by atoms with Gasteiger partial charge in [0.15, 0.2) is 0 Å². The van der Waals surface area contributed by atoms with E-state index in [-0.39, 0.29) is 16.3 Å². The highest BCUT2D eigenvalue weighted by molar-refractivity contribution is 9.10. The summed E-state index contributed by atoms with van der Waals surface area (Å²) in [6.07, 6.45) is 1.50. The molecule has 0 aliphatic rings. The number of nitrogens with one attached hydrogen (secondary N) is 1. The minimum Gasteiger partial charge on any atom is -0.321 e. The molecule has 0 saturated carbocycles. The predicted molar refractivity (Wildman–Crippen MR) is 82.7 cm³/mol. The van der Waals surface area contributed by atoms with Gasteiger partial charge < -0.3 is 5.32 Å². The lowest BCUT2D eigenvalue weighted by Crippen LogP contribution is -2.12. The van der Waals surface area contributed by atoms with Crippen molar-refractivity contribution in [2.24, 2.45) is 0 Å². The van der Waals surface area contributed by atoms with Gasteiger partial charge in [0, 0.05) is 11.6 Å². The van der Waals surface area contributed by atoms with Gasteiger partial charge in [-0.2, -0.15) is 0 Å². The molecule has 2 aromatic rings. The van der Waals surface area contributed by atoms with E-state index in [2.05, 4.69) is 26.2 Å². The van der Waals surface area contributed by atoms with Crippen LogP contribution in [0.15, 0.2) is 35.1 Å². The Bertz CT molecular complexity index is 737. The van der Waals surface area contributed by atoms with Gasteiger partial charge >= 0.3 is 0 Å². The van der Waals surface area contributed by atoms with Crippen LogP contribution >= 0.6 is 27.5 Å². The molecule has 0 radical (unpaired) electrons. The quantitative estimate of drug-likeness (QED) is 0.503. The molecular formula is C13H9BrClN3O3. The van der Waals surface area contributed by atoms with Gasteiger partial charge in [0.25, 0.3) is 11.6 Å². The number of pyridine rings is 1. The summed E-state index contributed by atoms with van der Waals surface area (Å²) < 4.78 is 0.693. The summed E-state index contributed by atoms with van der Waals surface area (Å²) in [5.74, 6) is -0.421. The van der Waals surface area contributed by atoms with E-state index < -0.39 is 10.8 Å². The summed E-state index contributed by atoms with van der Waals surface area (Å²) in [6, 6.07) is 5.55. The molecule has 108 valence electrons. The van der Waals surface area contributed by atoms with Crippen molar-refractivity contribution < 1.29 is 9.72 Å². The number of aryl methyl sites for hydroxylation is 1. The van der Waals surface area contributed by atoms with E-state index in [0.29, 0.717) is 10.3 Å². The molecular weight excluding hydrogens is 362 g/mol. The van der Waals surface area contributed by atoms with Gasteiger partial charge in [0.05, 0.1) is 16.8 Å². The molecule has 1 amide bonds. The smallest absolute Gasteiger partial charge is 0.287 e. The number of anilines is 1. The summed E-state index contributed by atoms with van der Waals surface area (Å²) in [7, 11) is 0. The fraction of sp³-hybridized carbons (Fsp3) is 0.0769. The van der Waals surface area contributed by atoms with Crippen molar-refractivity contribution in [1.29, 1.82) is 0 Å². The first-order chi connectivity index (χ1) is 9.88. The molecule has 21 heavy (non-hydrogen) atoms. The van der Waals surface area contributed by atoms with Crippen molar-refractivity contribution in [3.8, 4) is 0 Å². The Morgan fingerprint density at radius 1 is 1.43 bits per heavy atom. The van der Waals surface area contributed by atoms with Crippen molar-refractivity contribution >= 4 is 44.8 Å². The van der Waals surface area contributed by atoms with Gasteiger partial charge in [-0.3, -0.25) is 14.9 Å². The first-order valence-corrected chi connectivity index (χ1v) is 6.93. The van der Waals surface area contributed by atoms with Crippen LogP contribution in [-0.4, -0.2) is 15.8 Å². The van der Waals surface area contributed by atoms with Gasteiger partial charge in [0.2, 0.25) is 0 Å². The van der Waals surface area contributed by atoms with Crippen molar-refractivity contribution in [3.05, 3.63) is 61.3 Å². The minimum absolute atomic E-state index is 0.0854. The summed E-state index contributed by atoms with van der Waals surface area (Å²) >= 11 is 9.04. The van der Waals surface area contributed by atoms with E-state index in [0.717, 1.165) is 5.56 Å². The second-order valence-electron chi connectivity index (χ2n) is 4.21. The fourth-order valence-electron chi connectivity index (χ4n) is 1.63. The number of hydrogen-bond donors (Lipinski definition) is 1. The number of carbonyl (C=O) groups is 1. The van der Waals surface area contributed by atoms with Crippen LogP contribution in [0.4, 0.5) is 11.4 Å². The Balaban J connectivity index is 2.22. The lowest BCUT2D eigenvalue weighted by Gasteiger charge is -2.07. The van der Waals surface area contributed by atoms with Crippen molar-refractivity contribution in [2.45, 2.75) is 6.92 Å². The molecule has 2 rings (SSSR count). The first-order valence-electron chi connectivity index (χ1n) is 5.76. The number of benzene rings is 1. The van der Waals surface area contributed by atoms with Crippen molar-refractivity contribution in [3.63, 3.8) is 0 Å². The summed E-state index contributed by atoms with van der Waals surface area (Å²) in [5, 5.41) is 13.2. The maximum absolute atomic E-state index is 12.1. The largest absolute Gasteiger partial charge is 0.321 e. The Hall–Kier alpha value is -1.99. The normalized spacial score (nSPS) is 10.2. The number of aromatic nitrogens is 1. The number of hydrogen-bond acceptors (Lipinski definition) is 4. The summed E-state index contributed by atoms with van der Waals surface area (Å²) in [4.78, 5) is 26.2. The number of halogens is 2. The third kappa shape index (κ3) is 3.56. The molecule has 0 fully saturated rings. The zero-order valence-electron chi connectivity index (χ0n) is 10.8. The molecule has 0 atom stereocenters. The highest BCUT2D eigenvalue weighted by Crippen LogP contribution is 2.25. The van der Waals surface area contributed by atoms with Gasteiger partial charge in [0.1, 0.15) is 9.63 Å².